The zero-order valence-electron chi connectivity index (χ0n) is 15.7. The quantitative estimate of drug-likeness (QED) is 0.642. The first-order chi connectivity index (χ1) is 13.7. The van der Waals surface area contributed by atoms with E-state index in [0.29, 0.717) is 13.2 Å². The second-order valence-corrected chi connectivity index (χ2v) is 7.74. The summed E-state index contributed by atoms with van der Waals surface area (Å²) in [5.41, 5.74) is 11.3. The number of fused-ring (bicyclic) bond motifs is 2. The maximum Gasteiger partial charge on any atom is 0.310 e. The summed E-state index contributed by atoms with van der Waals surface area (Å²) in [6.07, 6.45) is 0.247. The van der Waals surface area contributed by atoms with E-state index in [4.69, 9.17) is 10.5 Å². The third kappa shape index (κ3) is 3.63. The number of nitrogens with zero attached hydrogens (tertiary/aromatic N) is 1. The summed E-state index contributed by atoms with van der Waals surface area (Å²) < 4.78 is 5.48. The van der Waals surface area contributed by atoms with Crippen molar-refractivity contribution >= 4 is 29.1 Å². The van der Waals surface area contributed by atoms with Crippen molar-refractivity contribution in [3.8, 4) is 0 Å². The molecule has 0 atom stereocenters. The fourth-order valence-corrected chi connectivity index (χ4v) is 4.76. The van der Waals surface area contributed by atoms with E-state index in [2.05, 4.69) is 30.1 Å². The topological polar surface area (TPSA) is 55.6 Å². The van der Waals surface area contributed by atoms with Crippen LogP contribution in [0.5, 0.6) is 0 Å². The molecule has 0 amide bonds. The average molecular weight is 391 g/mol. The zero-order valence-corrected chi connectivity index (χ0v) is 16.5. The number of anilines is 2. The maximum absolute atomic E-state index is 12.5. The van der Waals surface area contributed by atoms with Crippen LogP contribution in [0, 0.1) is 0 Å². The van der Waals surface area contributed by atoms with Gasteiger partial charge in [-0.2, -0.15) is 0 Å². The van der Waals surface area contributed by atoms with E-state index in [1.54, 1.807) is 11.8 Å². The summed E-state index contributed by atoms with van der Waals surface area (Å²) in [6.45, 7) is 0.780. The molecular weight excluding hydrogens is 368 g/mol. The molecule has 0 saturated heterocycles. The molecule has 0 aromatic heterocycles. The van der Waals surface area contributed by atoms with Gasteiger partial charge in [0, 0.05) is 23.4 Å². The Hall–Kier alpha value is -2.76. The molecule has 1 aliphatic heterocycles. The summed E-state index contributed by atoms with van der Waals surface area (Å²) >= 11 is 1.69. The van der Waals surface area contributed by atoms with Crippen molar-refractivity contribution < 1.29 is 9.53 Å². The van der Waals surface area contributed by atoms with Crippen molar-refractivity contribution in [1.29, 1.82) is 0 Å². The molecule has 0 radical (unpaired) electrons. The van der Waals surface area contributed by atoms with E-state index in [9.17, 15) is 4.79 Å². The van der Waals surface area contributed by atoms with E-state index in [-0.39, 0.29) is 12.4 Å². The van der Waals surface area contributed by atoms with Crippen LogP contribution in [0.4, 0.5) is 11.4 Å². The molecule has 3 aromatic rings. The third-order valence-electron chi connectivity index (χ3n) is 4.88. The molecule has 0 bridgehead atoms. The molecule has 5 heteroatoms. The number of esters is 1. The predicted octanol–water partition coefficient (Wildman–Crippen LogP) is 4.66. The van der Waals surface area contributed by atoms with Crippen molar-refractivity contribution in [2.45, 2.75) is 29.4 Å². The van der Waals surface area contributed by atoms with Gasteiger partial charge in [-0.15, -0.1) is 0 Å². The van der Waals surface area contributed by atoms with Crippen molar-refractivity contribution in [2.75, 3.05) is 11.9 Å². The summed E-state index contributed by atoms with van der Waals surface area (Å²) in [4.78, 5) is 16.9. The van der Waals surface area contributed by atoms with Crippen LogP contribution in [0.1, 0.15) is 16.7 Å². The minimum absolute atomic E-state index is 0.224. The molecular formula is C23H22N2O2S. The molecule has 142 valence electrons. The number of ether oxygens (including phenoxy) is 1. The lowest BCUT2D eigenvalue weighted by Gasteiger charge is -2.31. The van der Waals surface area contributed by atoms with Crippen molar-refractivity contribution in [2.24, 2.45) is 5.73 Å². The van der Waals surface area contributed by atoms with E-state index in [1.165, 1.54) is 0 Å². The average Bonchev–Trinajstić information content (AvgIpc) is 2.73. The highest BCUT2D eigenvalue weighted by Crippen LogP contribution is 2.50. The summed E-state index contributed by atoms with van der Waals surface area (Å²) in [5.74, 6) is -0.224. The molecule has 0 aliphatic carbocycles. The number of carbonyl (C=O) groups excluding carboxylic acids is 1. The first-order valence-corrected chi connectivity index (χ1v) is 10.0. The Morgan fingerprint density at radius 2 is 1.57 bits per heavy atom. The minimum Gasteiger partial charge on any atom is -0.461 e. The molecule has 0 fully saturated rings. The van der Waals surface area contributed by atoms with Gasteiger partial charge in [0.2, 0.25) is 0 Å². The van der Waals surface area contributed by atoms with Gasteiger partial charge in [-0.3, -0.25) is 4.79 Å². The third-order valence-corrected chi connectivity index (χ3v) is 6.23. The van der Waals surface area contributed by atoms with Gasteiger partial charge in [0.1, 0.15) is 6.61 Å². The second-order valence-electron chi connectivity index (χ2n) is 6.72. The lowest BCUT2D eigenvalue weighted by molar-refractivity contribution is -0.144. The van der Waals surface area contributed by atoms with E-state index < -0.39 is 0 Å². The second kappa shape index (κ2) is 8.09. The Morgan fingerprint density at radius 1 is 0.929 bits per heavy atom. The van der Waals surface area contributed by atoms with Crippen LogP contribution in [-0.4, -0.2) is 13.0 Å². The first kappa shape index (κ1) is 18.6. The molecule has 1 heterocycles. The van der Waals surface area contributed by atoms with E-state index >= 15 is 0 Å². The molecule has 2 N–H and O–H groups in total. The molecule has 0 saturated carbocycles. The maximum atomic E-state index is 12.5. The molecule has 0 unspecified atom stereocenters. The number of rotatable bonds is 5. The fraction of sp³-hybridized carbons (Fsp3) is 0.174. The predicted molar refractivity (Wildman–Crippen MR) is 113 cm³/mol. The molecule has 1 aliphatic rings. The van der Waals surface area contributed by atoms with Crippen LogP contribution in [0.15, 0.2) is 76.5 Å². The smallest absolute Gasteiger partial charge is 0.310 e. The van der Waals surface area contributed by atoms with Crippen LogP contribution in [0.25, 0.3) is 0 Å². The van der Waals surface area contributed by atoms with Gasteiger partial charge >= 0.3 is 5.97 Å². The Labute approximate surface area is 169 Å². The summed E-state index contributed by atoms with van der Waals surface area (Å²) in [7, 11) is 2.05. The van der Waals surface area contributed by atoms with Gasteiger partial charge in [-0.1, -0.05) is 66.4 Å². The highest BCUT2D eigenvalue weighted by atomic mass is 32.2. The number of benzene rings is 3. The van der Waals surface area contributed by atoms with Crippen LogP contribution in [-0.2, 0) is 29.1 Å². The minimum atomic E-state index is -0.224. The van der Waals surface area contributed by atoms with Gasteiger partial charge in [-0.25, -0.2) is 0 Å². The number of hydrogen-bond donors (Lipinski definition) is 1. The van der Waals surface area contributed by atoms with Gasteiger partial charge in [0.15, 0.2) is 0 Å². The Bertz CT molecular complexity index is 1000. The fourth-order valence-electron chi connectivity index (χ4n) is 3.38. The Kier molecular flexibility index (Phi) is 5.37. The number of hydrogen-bond acceptors (Lipinski definition) is 5. The Morgan fingerprint density at radius 3 is 2.25 bits per heavy atom. The van der Waals surface area contributed by atoms with Crippen molar-refractivity contribution in [3.63, 3.8) is 0 Å². The van der Waals surface area contributed by atoms with Gasteiger partial charge in [0.25, 0.3) is 0 Å². The SMILES string of the molecule is CN1c2cccc(CN)c2Sc2c(CC(=O)OCc3ccccc3)cccc21. The zero-order chi connectivity index (χ0) is 19.5. The van der Waals surface area contributed by atoms with Crippen molar-refractivity contribution in [1.82, 2.24) is 0 Å². The summed E-state index contributed by atoms with van der Waals surface area (Å²) in [6, 6.07) is 22.0. The van der Waals surface area contributed by atoms with Gasteiger partial charge in [0.05, 0.1) is 17.8 Å². The molecule has 3 aromatic carbocycles. The van der Waals surface area contributed by atoms with Gasteiger partial charge in [-0.05, 0) is 28.8 Å². The normalized spacial score (nSPS) is 12.3. The molecule has 28 heavy (non-hydrogen) atoms. The standard InChI is InChI=1S/C23H22N2O2S/c1-25-19-11-5-9-17(13-21(26)27-15-16-7-3-2-4-8-16)22(19)28-23-18(14-24)10-6-12-20(23)25/h2-12H,13-15,24H2,1H3. The summed E-state index contributed by atoms with van der Waals surface area (Å²) in [5, 5.41) is 0. The lowest BCUT2D eigenvalue weighted by atomic mass is 10.1. The van der Waals surface area contributed by atoms with Crippen LogP contribution >= 0.6 is 11.8 Å². The Balaban J connectivity index is 1.56. The first-order valence-electron chi connectivity index (χ1n) is 9.22. The molecule has 0 spiro atoms. The number of carbonyl (C=O) groups is 1. The lowest BCUT2D eigenvalue weighted by Crippen LogP contribution is -2.18. The van der Waals surface area contributed by atoms with Crippen LogP contribution < -0.4 is 10.6 Å². The monoisotopic (exact) mass is 390 g/mol. The van der Waals surface area contributed by atoms with E-state index in [1.807, 2.05) is 48.5 Å². The van der Waals surface area contributed by atoms with E-state index in [0.717, 1.165) is 37.9 Å². The van der Waals surface area contributed by atoms with Crippen LogP contribution in [0.2, 0.25) is 0 Å². The molecule has 4 nitrogen and oxygen atoms in total. The molecule has 4 rings (SSSR count). The highest BCUT2D eigenvalue weighted by Gasteiger charge is 2.25. The number of nitrogens with two attached hydrogens (primary N) is 1. The highest BCUT2D eigenvalue weighted by molar-refractivity contribution is 7.99. The van der Waals surface area contributed by atoms with Crippen molar-refractivity contribution in [3.05, 3.63) is 83.4 Å². The largest absolute Gasteiger partial charge is 0.461 e. The van der Waals surface area contributed by atoms with Crippen LogP contribution in [0.3, 0.4) is 0 Å². The van der Waals surface area contributed by atoms with Gasteiger partial charge < -0.3 is 15.4 Å².